The van der Waals surface area contributed by atoms with Crippen LogP contribution in [-0.4, -0.2) is 19.6 Å². The molecule has 1 aromatic carbocycles. The van der Waals surface area contributed by atoms with Crippen LogP contribution in [0.2, 0.25) is 0 Å². The summed E-state index contributed by atoms with van der Waals surface area (Å²) in [4.78, 5) is 9.90. The summed E-state index contributed by atoms with van der Waals surface area (Å²) in [7, 11) is 0. The fourth-order valence-electron chi connectivity index (χ4n) is 0.992. The number of carbonyl (C=O) groups is 1. The second kappa shape index (κ2) is 5.19. The lowest BCUT2D eigenvalue weighted by Gasteiger charge is -2.05. The Morgan fingerprint density at radius 2 is 2.38 bits per heavy atom. The van der Waals surface area contributed by atoms with Gasteiger partial charge in [-0.3, -0.25) is 4.79 Å². The van der Waals surface area contributed by atoms with Gasteiger partial charge in [0.25, 0.3) is 0 Å². The third-order valence-electron chi connectivity index (χ3n) is 1.59. The van der Waals surface area contributed by atoms with Gasteiger partial charge in [-0.15, -0.1) is 0 Å². The minimum Gasteiger partial charge on any atom is -0.492 e. The molecule has 1 aromatic rings. The largest absolute Gasteiger partial charge is 0.492 e. The van der Waals surface area contributed by atoms with Crippen molar-refractivity contribution in [2.75, 3.05) is 13.2 Å². The van der Waals surface area contributed by atoms with Crippen molar-refractivity contribution >= 4 is 6.41 Å². The van der Waals surface area contributed by atoms with Gasteiger partial charge in [-0.05, 0) is 24.6 Å². The van der Waals surface area contributed by atoms with Gasteiger partial charge < -0.3 is 10.1 Å². The number of amides is 1. The topological polar surface area (TPSA) is 38.3 Å². The first-order valence-electron chi connectivity index (χ1n) is 4.19. The van der Waals surface area contributed by atoms with Crippen LogP contribution in [0.25, 0.3) is 0 Å². The number of aryl methyl sites for hydroxylation is 1. The summed E-state index contributed by atoms with van der Waals surface area (Å²) in [6, 6.07) is 7.81. The second-order valence-electron chi connectivity index (χ2n) is 2.74. The van der Waals surface area contributed by atoms with Gasteiger partial charge in [0.1, 0.15) is 12.4 Å². The summed E-state index contributed by atoms with van der Waals surface area (Å²) in [6.45, 7) is 3.05. The molecule has 0 saturated heterocycles. The molecule has 3 nitrogen and oxygen atoms in total. The van der Waals surface area contributed by atoms with Crippen molar-refractivity contribution in [2.45, 2.75) is 6.92 Å². The summed E-state index contributed by atoms with van der Waals surface area (Å²) < 4.78 is 5.37. The average Bonchev–Trinajstić information content (AvgIpc) is 2.13. The highest BCUT2D eigenvalue weighted by Gasteiger charge is 1.92. The Bertz CT molecular complexity index is 273. The van der Waals surface area contributed by atoms with Crippen molar-refractivity contribution in [3.63, 3.8) is 0 Å². The monoisotopic (exact) mass is 179 g/mol. The van der Waals surface area contributed by atoms with E-state index in [1.54, 1.807) is 0 Å². The summed E-state index contributed by atoms with van der Waals surface area (Å²) in [6.07, 6.45) is 0.666. The molecule has 0 radical (unpaired) electrons. The van der Waals surface area contributed by atoms with E-state index in [1.165, 1.54) is 5.56 Å². The van der Waals surface area contributed by atoms with Gasteiger partial charge in [-0.1, -0.05) is 12.1 Å². The maximum Gasteiger partial charge on any atom is 0.207 e. The van der Waals surface area contributed by atoms with Crippen molar-refractivity contribution in [3.05, 3.63) is 29.8 Å². The minimum atomic E-state index is 0.502. The number of benzene rings is 1. The number of ether oxygens (including phenoxy) is 1. The molecule has 0 spiro atoms. The van der Waals surface area contributed by atoms with Crippen molar-refractivity contribution in [1.29, 1.82) is 0 Å². The van der Waals surface area contributed by atoms with Crippen LogP contribution < -0.4 is 10.1 Å². The highest BCUT2D eigenvalue weighted by molar-refractivity contribution is 5.45. The van der Waals surface area contributed by atoms with E-state index < -0.39 is 0 Å². The first kappa shape index (κ1) is 9.58. The van der Waals surface area contributed by atoms with Crippen LogP contribution in [0.4, 0.5) is 0 Å². The first-order valence-corrected chi connectivity index (χ1v) is 4.19. The molecule has 1 N–H and O–H groups in total. The Balaban J connectivity index is 2.32. The van der Waals surface area contributed by atoms with Crippen LogP contribution in [0.1, 0.15) is 5.56 Å². The lowest BCUT2D eigenvalue weighted by atomic mass is 10.2. The van der Waals surface area contributed by atoms with E-state index in [0.29, 0.717) is 19.6 Å². The zero-order chi connectivity index (χ0) is 9.52. The number of carbonyl (C=O) groups excluding carboxylic acids is 1. The van der Waals surface area contributed by atoms with Gasteiger partial charge in [0.2, 0.25) is 6.41 Å². The van der Waals surface area contributed by atoms with Gasteiger partial charge in [0, 0.05) is 0 Å². The summed E-state index contributed by atoms with van der Waals surface area (Å²) >= 11 is 0. The molecule has 0 saturated carbocycles. The molecule has 0 fully saturated rings. The predicted octanol–water partition coefficient (Wildman–Crippen LogP) is 1.12. The van der Waals surface area contributed by atoms with Crippen LogP contribution >= 0.6 is 0 Å². The Kier molecular flexibility index (Phi) is 3.82. The van der Waals surface area contributed by atoms with Gasteiger partial charge in [0.05, 0.1) is 6.54 Å². The van der Waals surface area contributed by atoms with Gasteiger partial charge in [-0.2, -0.15) is 0 Å². The van der Waals surface area contributed by atoms with Gasteiger partial charge in [-0.25, -0.2) is 0 Å². The molecule has 0 aliphatic carbocycles. The molecule has 0 bridgehead atoms. The third-order valence-corrected chi connectivity index (χ3v) is 1.59. The molecular weight excluding hydrogens is 166 g/mol. The lowest BCUT2D eigenvalue weighted by molar-refractivity contribution is -0.109. The van der Waals surface area contributed by atoms with E-state index in [4.69, 9.17) is 4.74 Å². The molecule has 70 valence electrons. The van der Waals surface area contributed by atoms with Crippen molar-refractivity contribution in [1.82, 2.24) is 5.32 Å². The SMILES string of the molecule is Cc1cccc(OCCNC=O)c1. The quantitative estimate of drug-likeness (QED) is 0.543. The van der Waals surface area contributed by atoms with Gasteiger partial charge >= 0.3 is 0 Å². The lowest BCUT2D eigenvalue weighted by Crippen LogP contribution is -2.18. The standard InChI is InChI=1S/C10H13NO2/c1-9-3-2-4-10(7-9)13-6-5-11-8-12/h2-4,7-8H,5-6H2,1H3,(H,11,12). The Labute approximate surface area is 77.7 Å². The predicted molar refractivity (Wildman–Crippen MR) is 50.7 cm³/mol. The molecule has 0 aliphatic heterocycles. The zero-order valence-electron chi connectivity index (χ0n) is 7.62. The number of rotatable bonds is 5. The molecule has 13 heavy (non-hydrogen) atoms. The van der Waals surface area contributed by atoms with Crippen LogP contribution in [0.3, 0.4) is 0 Å². The average molecular weight is 179 g/mol. The van der Waals surface area contributed by atoms with E-state index in [-0.39, 0.29) is 0 Å². The Morgan fingerprint density at radius 1 is 1.54 bits per heavy atom. The van der Waals surface area contributed by atoms with Crippen LogP contribution in [0.5, 0.6) is 5.75 Å². The normalized spacial score (nSPS) is 9.31. The first-order chi connectivity index (χ1) is 6.33. The van der Waals surface area contributed by atoms with Crippen LogP contribution in [0, 0.1) is 6.92 Å². The molecule has 0 heterocycles. The Hall–Kier alpha value is -1.51. The fraction of sp³-hybridized carbons (Fsp3) is 0.300. The molecule has 0 atom stereocenters. The van der Waals surface area contributed by atoms with Crippen molar-refractivity contribution in [3.8, 4) is 5.75 Å². The van der Waals surface area contributed by atoms with Crippen LogP contribution in [0.15, 0.2) is 24.3 Å². The summed E-state index contributed by atoms with van der Waals surface area (Å²) in [5, 5.41) is 2.53. The molecule has 1 rings (SSSR count). The second-order valence-corrected chi connectivity index (χ2v) is 2.74. The number of nitrogens with one attached hydrogen (secondary N) is 1. The van der Waals surface area contributed by atoms with Crippen molar-refractivity contribution in [2.24, 2.45) is 0 Å². The smallest absolute Gasteiger partial charge is 0.207 e. The highest BCUT2D eigenvalue weighted by atomic mass is 16.5. The maximum atomic E-state index is 9.90. The minimum absolute atomic E-state index is 0.502. The van der Waals surface area contributed by atoms with E-state index in [9.17, 15) is 4.79 Å². The molecule has 0 unspecified atom stereocenters. The third kappa shape index (κ3) is 3.60. The number of hydrogen-bond acceptors (Lipinski definition) is 2. The molecule has 0 aliphatic rings. The van der Waals surface area contributed by atoms with E-state index in [0.717, 1.165) is 5.75 Å². The van der Waals surface area contributed by atoms with E-state index in [2.05, 4.69) is 5.32 Å². The summed E-state index contributed by atoms with van der Waals surface area (Å²) in [5.74, 6) is 0.840. The molecule has 0 aromatic heterocycles. The molecule has 1 amide bonds. The molecule has 3 heteroatoms. The highest BCUT2D eigenvalue weighted by Crippen LogP contribution is 2.11. The maximum absolute atomic E-state index is 9.90. The van der Waals surface area contributed by atoms with E-state index in [1.807, 2.05) is 31.2 Å². The Morgan fingerprint density at radius 3 is 3.08 bits per heavy atom. The zero-order valence-corrected chi connectivity index (χ0v) is 7.62. The molecular formula is C10H13NO2. The van der Waals surface area contributed by atoms with Crippen LogP contribution in [-0.2, 0) is 4.79 Å². The number of hydrogen-bond donors (Lipinski definition) is 1. The van der Waals surface area contributed by atoms with E-state index >= 15 is 0 Å². The van der Waals surface area contributed by atoms with Gasteiger partial charge in [0.15, 0.2) is 0 Å². The summed E-state index contributed by atoms with van der Waals surface area (Å²) in [5.41, 5.74) is 1.17. The van der Waals surface area contributed by atoms with Crippen molar-refractivity contribution < 1.29 is 9.53 Å². The fourth-order valence-corrected chi connectivity index (χ4v) is 0.992.